The summed E-state index contributed by atoms with van der Waals surface area (Å²) in [6.07, 6.45) is 13.3. The van der Waals surface area contributed by atoms with Crippen LogP contribution in [0.2, 0.25) is 0 Å². The lowest BCUT2D eigenvalue weighted by Crippen LogP contribution is -1.89. The van der Waals surface area contributed by atoms with E-state index in [0.717, 1.165) is 17.7 Å². The second-order valence-electron chi connectivity index (χ2n) is 6.77. The van der Waals surface area contributed by atoms with E-state index in [0.29, 0.717) is 0 Å². The smallest absolute Gasteiger partial charge is 0.113 e. The molecule has 1 nitrogen and oxygen atoms in total. The third kappa shape index (κ3) is 7.57. The first-order chi connectivity index (χ1) is 12.3. The molecule has 0 aliphatic rings. The molecule has 0 bridgehead atoms. The van der Waals surface area contributed by atoms with Crippen LogP contribution in [0.4, 0.5) is 0 Å². The van der Waals surface area contributed by atoms with Gasteiger partial charge in [0.15, 0.2) is 0 Å². The van der Waals surface area contributed by atoms with E-state index < -0.39 is 0 Å². The zero-order valence-corrected chi connectivity index (χ0v) is 15.9. The van der Waals surface area contributed by atoms with Crippen molar-refractivity contribution in [2.75, 3.05) is 0 Å². The third-order valence-corrected chi connectivity index (χ3v) is 4.50. The Bertz CT molecular complexity index is 656. The van der Waals surface area contributed by atoms with Gasteiger partial charge in [0, 0.05) is 11.8 Å². The number of nitrogens with zero attached hydrogens (tertiary/aromatic N) is 1. The van der Waals surface area contributed by atoms with Gasteiger partial charge in [-0.05, 0) is 60.9 Å². The molecule has 0 fully saturated rings. The van der Waals surface area contributed by atoms with Crippen LogP contribution in [0.5, 0.6) is 0 Å². The van der Waals surface area contributed by atoms with Crippen molar-refractivity contribution in [3.05, 3.63) is 65.0 Å². The van der Waals surface area contributed by atoms with Crippen molar-refractivity contribution in [1.82, 2.24) is 4.98 Å². The minimum absolute atomic E-state index is 0.851. The molecule has 0 saturated heterocycles. The van der Waals surface area contributed by atoms with E-state index in [9.17, 15) is 0 Å². The van der Waals surface area contributed by atoms with Crippen molar-refractivity contribution >= 4 is 0 Å². The number of pyridine rings is 1. The van der Waals surface area contributed by atoms with Crippen molar-refractivity contribution < 1.29 is 0 Å². The number of aryl methyl sites for hydroxylation is 2. The summed E-state index contributed by atoms with van der Waals surface area (Å²) in [5.74, 6) is 6.40. The Morgan fingerprint density at radius 1 is 0.680 bits per heavy atom. The topological polar surface area (TPSA) is 12.9 Å². The maximum Gasteiger partial charge on any atom is 0.113 e. The monoisotopic (exact) mass is 333 g/mol. The molecule has 0 saturated carbocycles. The highest BCUT2D eigenvalue weighted by Crippen LogP contribution is 2.09. The summed E-state index contributed by atoms with van der Waals surface area (Å²) in [5.41, 5.74) is 4.64. The highest BCUT2D eigenvalue weighted by molar-refractivity contribution is 5.41. The van der Waals surface area contributed by atoms with Crippen molar-refractivity contribution in [2.45, 2.75) is 71.6 Å². The summed E-state index contributed by atoms with van der Waals surface area (Å²) in [6.45, 7) is 4.49. The SMILES string of the molecule is CCCCCCc1ccc(C#Cc2ccc(CCCCC)cc2)nc1. The van der Waals surface area contributed by atoms with Crippen molar-refractivity contribution in [3.63, 3.8) is 0 Å². The highest BCUT2D eigenvalue weighted by Gasteiger charge is 1.96. The van der Waals surface area contributed by atoms with E-state index in [-0.39, 0.29) is 0 Å². The summed E-state index contributed by atoms with van der Waals surface area (Å²) < 4.78 is 0. The summed E-state index contributed by atoms with van der Waals surface area (Å²) in [7, 11) is 0. The van der Waals surface area contributed by atoms with Gasteiger partial charge in [-0.25, -0.2) is 4.98 Å². The largest absolute Gasteiger partial charge is 0.248 e. The predicted octanol–water partition coefficient (Wildman–Crippen LogP) is 6.34. The molecule has 1 heteroatoms. The van der Waals surface area contributed by atoms with Crippen LogP contribution < -0.4 is 0 Å². The summed E-state index contributed by atoms with van der Waals surface area (Å²) in [6, 6.07) is 12.9. The molecule has 2 aromatic rings. The lowest BCUT2D eigenvalue weighted by Gasteiger charge is -2.01. The van der Waals surface area contributed by atoms with Gasteiger partial charge in [-0.1, -0.05) is 70.1 Å². The number of aromatic nitrogens is 1. The van der Waals surface area contributed by atoms with Gasteiger partial charge in [0.25, 0.3) is 0 Å². The van der Waals surface area contributed by atoms with Gasteiger partial charge in [0.2, 0.25) is 0 Å². The zero-order valence-electron chi connectivity index (χ0n) is 15.9. The lowest BCUT2D eigenvalue weighted by molar-refractivity contribution is 0.666. The van der Waals surface area contributed by atoms with Gasteiger partial charge in [0.1, 0.15) is 5.69 Å². The Hall–Kier alpha value is -2.07. The molecule has 0 atom stereocenters. The number of unbranched alkanes of at least 4 members (excludes halogenated alkanes) is 5. The summed E-state index contributed by atoms with van der Waals surface area (Å²) in [5, 5.41) is 0. The van der Waals surface area contributed by atoms with Gasteiger partial charge in [-0.2, -0.15) is 0 Å². The number of hydrogen-bond acceptors (Lipinski definition) is 1. The molecule has 1 heterocycles. The van der Waals surface area contributed by atoms with Crippen LogP contribution in [0.25, 0.3) is 0 Å². The molecule has 25 heavy (non-hydrogen) atoms. The van der Waals surface area contributed by atoms with E-state index in [4.69, 9.17) is 0 Å². The molecule has 1 aromatic carbocycles. The second-order valence-corrected chi connectivity index (χ2v) is 6.77. The van der Waals surface area contributed by atoms with Crippen LogP contribution in [-0.4, -0.2) is 4.98 Å². The molecule has 1 aromatic heterocycles. The van der Waals surface area contributed by atoms with Crippen LogP contribution >= 0.6 is 0 Å². The predicted molar refractivity (Wildman–Crippen MR) is 108 cm³/mol. The van der Waals surface area contributed by atoms with Crippen molar-refractivity contribution in [1.29, 1.82) is 0 Å². The standard InChI is InChI=1S/C24H31N/c1-3-5-7-9-11-23-17-19-24(25-20-23)18-16-22-14-12-21(13-15-22)10-8-6-4-2/h12-15,17,19-20H,3-11H2,1-2H3. The van der Waals surface area contributed by atoms with E-state index in [1.807, 2.05) is 12.3 Å². The molecule has 0 amide bonds. The minimum Gasteiger partial charge on any atom is -0.248 e. The Morgan fingerprint density at radius 3 is 2.00 bits per heavy atom. The zero-order chi connectivity index (χ0) is 17.7. The Labute approximate surface area is 153 Å². The molecular formula is C24H31N. The number of hydrogen-bond donors (Lipinski definition) is 0. The lowest BCUT2D eigenvalue weighted by atomic mass is 10.1. The van der Waals surface area contributed by atoms with Crippen molar-refractivity contribution in [3.8, 4) is 11.8 Å². The molecule has 0 spiro atoms. The molecule has 0 aliphatic heterocycles. The summed E-state index contributed by atoms with van der Waals surface area (Å²) in [4.78, 5) is 4.49. The van der Waals surface area contributed by atoms with E-state index in [2.05, 4.69) is 61.0 Å². The number of rotatable bonds is 9. The quantitative estimate of drug-likeness (QED) is 0.385. The average Bonchev–Trinajstić information content (AvgIpc) is 2.66. The van der Waals surface area contributed by atoms with Crippen molar-refractivity contribution in [2.24, 2.45) is 0 Å². The van der Waals surface area contributed by atoms with Crippen LogP contribution in [-0.2, 0) is 12.8 Å². The first-order valence-corrected chi connectivity index (χ1v) is 9.87. The van der Waals surface area contributed by atoms with Crippen LogP contribution in [0.1, 0.15) is 81.2 Å². The van der Waals surface area contributed by atoms with E-state index in [1.54, 1.807) is 0 Å². The molecule has 0 unspecified atom stereocenters. The molecule has 2 rings (SSSR count). The van der Waals surface area contributed by atoms with Crippen LogP contribution in [0.15, 0.2) is 42.6 Å². The normalized spacial score (nSPS) is 10.3. The Balaban J connectivity index is 1.85. The first-order valence-electron chi connectivity index (χ1n) is 9.87. The fraction of sp³-hybridized carbons (Fsp3) is 0.458. The van der Waals surface area contributed by atoms with Crippen LogP contribution in [0, 0.1) is 11.8 Å². The summed E-state index contributed by atoms with van der Waals surface area (Å²) >= 11 is 0. The van der Waals surface area contributed by atoms with Gasteiger partial charge in [-0.15, -0.1) is 0 Å². The Morgan fingerprint density at radius 2 is 1.32 bits per heavy atom. The van der Waals surface area contributed by atoms with Gasteiger partial charge in [0.05, 0.1) is 0 Å². The fourth-order valence-electron chi connectivity index (χ4n) is 2.87. The van der Waals surface area contributed by atoms with Crippen LogP contribution in [0.3, 0.4) is 0 Å². The second kappa shape index (κ2) is 11.5. The van der Waals surface area contributed by atoms with E-state index >= 15 is 0 Å². The molecule has 0 N–H and O–H groups in total. The van der Waals surface area contributed by atoms with Gasteiger partial charge >= 0.3 is 0 Å². The van der Waals surface area contributed by atoms with Gasteiger partial charge in [-0.3, -0.25) is 0 Å². The van der Waals surface area contributed by atoms with E-state index in [1.165, 1.54) is 62.5 Å². The Kier molecular flexibility index (Phi) is 8.84. The maximum absolute atomic E-state index is 4.49. The molecule has 132 valence electrons. The third-order valence-electron chi connectivity index (χ3n) is 4.50. The molecular weight excluding hydrogens is 302 g/mol. The molecule has 0 aliphatic carbocycles. The fourth-order valence-corrected chi connectivity index (χ4v) is 2.87. The number of benzene rings is 1. The van der Waals surface area contributed by atoms with Gasteiger partial charge < -0.3 is 0 Å². The molecule has 0 radical (unpaired) electrons. The highest BCUT2D eigenvalue weighted by atomic mass is 14.7. The maximum atomic E-state index is 4.49. The average molecular weight is 334 g/mol. The first kappa shape index (κ1) is 19.3. The minimum atomic E-state index is 0.851.